The largest absolute Gasteiger partial charge is 0.485 e. The molecule has 7 nitrogen and oxygen atoms in total. The molecule has 1 saturated heterocycles. The Morgan fingerprint density at radius 2 is 1.87 bits per heavy atom. The molecule has 2 aromatic carbocycles. The van der Waals surface area contributed by atoms with E-state index in [-0.39, 0.29) is 17.4 Å². The van der Waals surface area contributed by atoms with E-state index in [0.29, 0.717) is 23.7 Å². The number of amides is 1. The molecule has 0 saturated carbocycles. The lowest BCUT2D eigenvalue weighted by atomic mass is 10.1. The van der Waals surface area contributed by atoms with Crippen molar-refractivity contribution < 1.29 is 22.7 Å². The van der Waals surface area contributed by atoms with E-state index in [1.807, 2.05) is 30.0 Å². The second-order valence-corrected chi connectivity index (χ2v) is 9.78. The number of piperidine rings is 1. The van der Waals surface area contributed by atoms with E-state index >= 15 is 0 Å². The number of aryl methyl sites for hydroxylation is 1. The molecule has 0 bridgehead atoms. The van der Waals surface area contributed by atoms with E-state index in [0.717, 1.165) is 37.9 Å². The van der Waals surface area contributed by atoms with Crippen LogP contribution >= 0.6 is 0 Å². The molecule has 2 aromatic rings. The van der Waals surface area contributed by atoms with Crippen LogP contribution in [0, 0.1) is 6.92 Å². The van der Waals surface area contributed by atoms with E-state index in [1.165, 1.54) is 16.4 Å². The number of nitrogens with zero attached hydrogens (tertiary/aromatic N) is 2. The smallest absolute Gasteiger partial charge is 0.267 e. The minimum Gasteiger partial charge on any atom is -0.485 e. The number of fused-ring (bicyclic) bond motifs is 1. The summed E-state index contributed by atoms with van der Waals surface area (Å²) in [4.78, 5) is 14.7. The number of anilines is 1. The van der Waals surface area contributed by atoms with Crippen molar-refractivity contribution in [3.63, 3.8) is 0 Å². The summed E-state index contributed by atoms with van der Waals surface area (Å²) in [5.74, 6) is 0.655. The van der Waals surface area contributed by atoms with Gasteiger partial charge in [0.2, 0.25) is 6.10 Å². The fourth-order valence-corrected chi connectivity index (χ4v) is 5.53. The molecule has 166 valence electrons. The number of carbonyl (C=O) groups is 1. The number of sulfonamides is 1. The summed E-state index contributed by atoms with van der Waals surface area (Å²) in [5, 5.41) is 0. The number of carbonyl (C=O) groups excluding carboxylic acids is 1. The highest BCUT2D eigenvalue weighted by Gasteiger charge is 2.33. The molecule has 0 aliphatic carbocycles. The number of rotatable bonds is 5. The van der Waals surface area contributed by atoms with Gasteiger partial charge in [0.15, 0.2) is 11.5 Å². The average Bonchev–Trinajstić information content (AvgIpc) is 2.79. The molecule has 0 radical (unpaired) electrons. The van der Waals surface area contributed by atoms with Crippen molar-refractivity contribution in [1.82, 2.24) is 4.90 Å². The third-order valence-corrected chi connectivity index (χ3v) is 7.58. The van der Waals surface area contributed by atoms with Gasteiger partial charge in [0.1, 0.15) is 6.61 Å². The molecule has 2 aliphatic rings. The average molecular weight is 445 g/mol. The molecule has 0 unspecified atom stereocenters. The fourth-order valence-electron chi connectivity index (χ4n) is 4.05. The van der Waals surface area contributed by atoms with E-state index in [1.54, 1.807) is 19.1 Å². The van der Waals surface area contributed by atoms with E-state index in [4.69, 9.17) is 9.47 Å². The summed E-state index contributed by atoms with van der Waals surface area (Å²) in [6.45, 7) is 5.58. The number of hydrogen-bond donors (Lipinski definition) is 0. The molecule has 4 rings (SSSR count). The maximum absolute atomic E-state index is 13.3. The molecule has 31 heavy (non-hydrogen) atoms. The van der Waals surface area contributed by atoms with Crippen LogP contribution in [-0.4, -0.2) is 51.6 Å². The van der Waals surface area contributed by atoms with Crippen LogP contribution in [0.5, 0.6) is 11.5 Å². The highest BCUT2D eigenvalue weighted by Crippen LogP contribution is 2.36. The van der Waals surface area contributed by atoms with Gasteiger partial charge in [0.05, 0.1) is 10.6 Å². The Morgan fingerprint density at radius 3 is 2.58 bits per heavy atom. The molecule has 1 atom stereocenters. The predicted octanol–water partition coefficient (Wildman–Crippen LogP) is 3.36. The topological polar surface area (TPSA) is 76.2 Å². The second-order valence-electron chi connectivity index (χ2n) is 7.92. The van der Waals surface area contributed by atoms with Crippen molar-refractivity contribution in [3.05, 3.63) is 48.0 Å². The zero-order chi connectivity index (χ0) is 22.0. The lowest BCUT2D eigenvalue weighted by molar-refractivity contribution is -0.142. The van der Waals surface area contributed by atoms with Gasteiger partial charge in [-0.2, -0.15) is 0 Å². The summed E-state index contributed by atoms with van der Waals surface area (Å²) < 4.78 is 39.6. The number of benzene rings is 2. The van der Waals surface area contributed by atoms with Crippen LogP contribution in [0.1, 0.15) is 31.7 Å². The van der Waals surface area contributed by atoms with Crippen LogP contribution in [0.2, 0.25) is 0 Å². The standard InChI is InChI=1S/C23H28N2O5S/c1-3-25(18-9-7-8-17(2)14-18)31(27,28)19-10-11-20-21(15-19)29-16-22(30-20)23(26)24-12-5-4-6-13-24/h7-11,14-15,22H,3-6,12-13,16H2,1-2H3/t22-/m0/s1. The van der Waals surface area contributed by atoms with Gasteiger partial charge in [-0.05, 0) is 62.9 Å². The molecule has 0 N–H and O–H groups in total. The van der Waals surface area contributed by atoms with Crippen molar-refractivity contribution in [2.24, 2.45) is 0 Å². The van der Waals surface area contributed by atoms with Crippen LogP contribution in [0.15, 0.2) is 47.4 Å². The lowest BCUT2D eigenvalue weighted by Gasteiger charge is -2.33. The Balaban J connectivity index is 1.55. The molecular formula is C23H28N2O5S. The summed E-state index contributed by atoms with van der Waals surface area (Å²) in [6.07, 6.45) is 2.45. The molecule has 0 spiro atoms. The minimum atomic E-state index is -3.78. The van der Waals surface area contributed by atoms with Gasteiger partial charge in [0, 0.05) is 25.7 Å². The predicted molar refractivity (Wildman–Crippen MR) is 118 cm³/mol. The summed E-state index contributed by atoms with van der Waals surface area (Å²) in [5.41, 5.74) is 1.60. The molecular weight excluding hydrogens is 416 g/mol. The highest BCUT2D eigenvalue weighted by atomic mass is 32.2. The van der Waals surface area contributed by atoms with Gasteiger partial charge < -0.3 is 14.4 Å². The zero-order valence-electron chi connectivity index (χ0n) is 17.9. The molecule has 8 heteroatoms. The van der Waals surface area contributed by atoms with Gasteiger partial charge >= 0.3 is 0 Å². The van der Waals surface area contributed by atoms with Gasteiger partial charge in [-0.3, -0.25) is 9.10 Å². The first-order chi connectivity index (χ1) is 14.9. The van der Waals surface area contributed by atoms with Gasteiger partial charge in [0.25, 0.3) is 15.9 Å². The van der Waals surface area contributed by atoms with Crippen molar-refractivity contribution in [2.75, 3.05) is 30.5 Å². The first-order valence-corrected chi connectivity index (χ1v) is 12.2. The van der Waals surface area contributed by atoms with Crippen molar-refractivity contribution >= 4 is 21.6 Å². The Bertz CT molecular complexity index is 1060. The first kappa shape index (κ1) is 21.5. The maximum atomic E-state index is 13.3. The number of ether oxygens (including phenoxy) is 2. The second kappa shape index (κ2) is 8.78. The molecule has 2 aliphatic heterocycles. The number of likely N-dealkylation sites (tertiary alicyclic amines) is 1. The molecule has 2 heterocycles. The van der Waals surface area contributed by atoms with Crippen molar-refractivity contribution in [2.45, 2.75) is 44.1 Å². The Morgan fingerprint density at radius 1 is 1.10 bits per heavy atom. The Hall–Kier alpha value is -2.74. The first-order valence-electron chi connectivity index (χ1n) is 10.7. The minimum absolute atomic E-state index is 0.0706. The molecule has 1 fully saturated rings. The zero-order valence-corrected chi connectivity index (χ0v) is 18.7. The lowest BCUT2D eigenvalue weighted by Crippen LogP contribution is -2.48. The SMILES string of the molecule is CCN(c1cccc(C)c1)S(=O)(=O)c1ccc2c(c1)OC[C@@H](C(=O)N1CCCCC1)O2. The Labute approximate surface area is 183 Å². The van der Waals surface area contributed by atoms with Gasteiger partial charge in [-0.1, -0.05) is 12.1 Å². The Kier molecular flexibility index (Phi) is 6.09. The van der Waals surface area contributed by atoms with Crippen LogP contribution in [0.3, 0.4) is 0 Å². The summed E-state index contributed by atoms with van der Waals surface area (Å²) in [7, 11) is -3.78. The maximum Gasteiger partial charge on any atom is 0.267 e. The van der Waals surface area contributed by atoms with Gasteiger partial charge in [-0.25, -0.2) is 8.42 Å². The highest BCUT2D eigenvalue weighted by molar-refractivity contribution is 7.92. The fraction of sp³-hybridized carbons (Fsp3) is 0.435. The number of hydrogen-bond acceptors (Lipinski definition) is 5. The summed E-state index contributed by atoms with van der Waals surface area (Å²) >= 11 is 0. The van der Waals surface area contributed by atoms with E-state index in [2.05, 4.69) is 0 Å². The van der Waals surface area contributed by atoms with Crippen molar-refractivity contribution in [1.29, 1.82) is 0 Å². The molecule has 1 amide bonds. The van der Waals surface area contributed by atoms with Crippen LogP contribution in [-0.2, 0) is 14.8 Å². The molecule has 0 aromatic heterocycles. The van der Waals surface area contributed by atoms with Crippen LogP contribution in [0.25, 0.3) is 0 Å². The third kappa shape index (κ3) is 4.35. The monoisotopic (exact) mass is 444 g/mol. The van der Waals surface area contributed by atoms with Crippen molar-refractivity contribution in [3.8, 4) is 11.5 Å². The quantitative estimate of drug-likeness (QED) is 0.707. The summed E-state index contributed by atoms with van der Waals surface area (Å²) in [6, 6.07) is 11.9. The van der Waals surface area contributed by atoms with Crippen LogP contribution in [0.4, 0.5) is 5.69 Å². The van der Waals surface area contributed by atoms with E-state index in [9.17, 15) is 13.2 Å². The third-order valence-electron chi connectivity index (χ3n) is 5.68. The van der Waals surface area contributed by atoms with E-state index < -0.39 is 16.1 Å². The normalized spacial score (nSPS) is 18.5. The van der Waals surface area contributed by atoms with Crippen LogP contribution < -0.4 is 13.8 Å². The van der Waals surface area contributed by atoms with Gasteiger partial charge in [-0.15, -0.1) is 0 Å².